The fourth-order valence-corrected chi connectivity index (χ4v) is 4.80. The number of hydrogen-bond acceptors (Lipinski definition) is 3. The Morgan fingerprint density at radius 2 is 1.53 bits per heavy atom. The Hall–Kier alpha value is 0.387. The quantitative estimate of drug-likeness (QED) is 0.492. The number of hydrogen-bond donors (Lipinski definition) is 0. The van der Waals surface area contributed by atoms with Crippen LogP contribution < -0.4 is 0 Å². The molecule has 3 nitrogen and oxygen atoms in total. The van der Waals surface area contributed by atoms with E-state index < -0.39 is 8.80 Å². The highest BCUT2D eigenvalue weighted by Crippen LogP contribution is 2.23. The van der Waals surface area contributed by atoms with Crippen LogP contribution in [0.2, 0.25) is 6.04 Å². The van der Waals surface area contributed by atoms with Crippen molar-refractivity contribution in [3.63, 3.8) is 0 Å². The number of rotatable bonds is 8. The largest absolute Gasteiger partial charge is 0.502 e. The van der Waals surface area contributed by atoms with Crippen molar-refractivity contribution < 1.29 is 13.3 Å². The van der Waals surface area contributed by atoms with Gasteiger partial charge in [0.1, 0.15) is 5.56 Å². The lowest BCUT2D eigenvalue weighted by molar-refractivity contribution is 0.0581. The first-order valence-corrected chi connectivity index (χ1v) is 7.92. The van der Waals surface area contributed by atoms with Crippen molar-refractivity contribution >= 4 is 20.4 Å². The minimum atomic E-state index is -2.55. The molecule has 0 aliphatic rings. The van der Waals surface area contributed by atoms with Crippen molar-refractivity contribution in [1.82, 2.24) is 0 Å². The van der Waals surface area contributed by atoms with Gasteiger partial charge in [0.2, 0.25) is 0 Å². The Balaban J connectivity index is 4.55. The molecule has 0 aromatic heterocycles. The predicted molar refractivity (Wildman–Crippen MR) is 65.1 cm³/mol. The van der Waals surface area contributed by atoms with Crippen LogP contribution in [0.15, 0.2) is 0 Å². The maximum absolute atomic E-state index is 5.87. The van der Waals surface area contributed by atoms with Gasteiger partial charge in [-0.3, -0.25) is 0 Å². The van der Waals surface area contributed by atoms with E-state index >= 15 is 0 Å². The maximum atomic E-state index is 5.87. The molecule has 0 aliphatic heterocycles. The summed E-state index contributed by atoms with van der Waals surface area (Å²) < 4.78 is 17.1. The smallest absolute Gasteiger partial charge is 0.374 e. The Labute approximate surface area is 99.4 Å². The molecule has 0 heterocycles. The summed E-state index contributed by atoms with van der Waals surface area (Å²) in [6, 6.07) is 0.811. The molecule has 1 unspecified atom stereocenters. The van der Waals surface area contributed by atoms with Gasteiger partial charge in [-0.2, -0.15) is 0 Å². The molecule has 1 atom stereocenters. The third-order valence-electron chi connectivity index (χ3n) is 1.73. The summed E-state index contributed by atoms with van der Waals surface area (Å²) in [5.41, 5.74) is -0.367. The average Bonchev–Trinajstić information content (AvgIpc) is 2.01. The van der Waals surface area contributed by atoms with Gasteiger partial charge in [0.25, 0.3) is 0 Å². The number of alkyl halides is 1. The minimum absolute atomic E-state index is 0.367. The number of halogens is 1. The topological polar surface area (TPSA) is 27.7 Å². The zero-order chi connectivity index (χ0) is 11.9. The highest BCUT2D eigenvalue weighted by molar-refractivity contribution is 6.61. The van der Waals surface area contributed by atoms with Crippen LogP contribution in [-0.4, -0.2) is 27.6 Å². The molecule has 5 heteroatoms. The van der Waals surface area contributed by atoms with E-state index in [9.17, 15) is 0 Å². The van der Waals surface area contributed by atoms with Crippen molar-refractivity contribution in [2.45, 2.75) is 46.2 Å². The molecule has 0 radical (unpaired) electrons. The third kappa shape index (κ3) is 6.53. The van der Waals surface area contributed by atoms with Crippen LogP contribution in [0, 0.1) is 5.92 Å². The molecular formula is C10H23ClO3Si. The molecule has 0 spiro atoms. The van der Waals surface area contributed by atoms with Gasteiger partial charge in [0.05, 0.1) is 0 Å². The Morgan fingerprint density at radius 1 is 1.07 bits per heavy atom. The maximum Gasteiger partial charge on any atom is 0.502 e. The summed E-state index contributed by atoms with van der Waals surface area (Å²) in [6.45, 7) is 11.1. The zero-order valence-corrected chi connectivity index (χ0v) is 12.1. The van der Waals surface area contributed by atoms with Crippen LogP contribution in [0.25, 0.3) is 0 Å². The molecular weight excluding hydrogens is 232 g/mol. The lowest BCUT2D eigenvalue weighted by Crippen LogP contribution is -2.48. The van der Waals surface area contributed by atoms with Crippen LogP contribution in [0.4, 0.5) is 0 Å². The van der Waals surface area contributed by atoms with Gasteiger partial charge in [0.15, 0.2) is 0 Å². The van der Waals surface area contributed by atoms with Gasteiger partial charge in [-0.1, -0.05) is 25.4 Å². The second kappa shape index (κ2) is 7.63. The molecule has 0 aliphatic carbocycles. The normalized spacial score (nSPS) is 14.6. The summed E-state index contributed by atoms with van der Waals surface area (Å²) in [4.78, 5) is 0. The van der Waals surface area contributed by atoms with E-state index in [0.29, 0.717) is 19.1 Å². The molecule has 0 bridgehead atoms. The first-order valence-electron chi connectivity index (χ1n) is 5.55. The molecule has 0 saturated carbocycles. The van der Waals surface area contributed by atoms with Crippen molar-refractivity contribution in [3.8, 4) is 0 Å². The molecule has 92 valence electrons. The van der Waals surface area contributed by atoms with Gasteiger partial charge in [0, 0.05) is 19.3 Å². The standard InChI is InChI=1S/C10H23ClO3Si/c1-6-12-15(13-7-2,8-9(3)4)14-10(5)11/h9-10H,6-8H2,1-5H3. The van der Waals surface area contributed by atoms with Crippen LogP contribution in [0.1, 0.15) is 34.6 Å². The highest BCUT2D eigenvalue weighted by Gasteiger charge is 2.42. The monoisotopic (exact) mass is 254 g/mol. The summed E-state index contributed by atoms with van der Waals surface area (Å²) in [5.74, 6) is 0.477. The van der Waals surface area contributed by atoms with Gasteiger partial charge < -0.3 is 13.3 Å². The first-order chi connectivity index (χ1) is 6.95. The fraction of sp³-hybridized carbons (Fsp3) is 1.00. The van der Waals surface area contributed by atoms with Gasteiger partial charge in [-0.05, 0) is 26.7 Å². The fourth-order valence-electron chi connectivity index (χ4n) is 1.46. The average molecular weight is 255 g/mol. The van der Waals surface area contributed by atoms with E-state index in [1.807, 2.05) is 13.8 Å². The molecule has 15 heavy (non-hydrogen) atoms. The van der Waals surface area contributed by atoms with Crippen molar-refractivity contribution in [2.75, 3.05) is 13.2 Å². The summed E-state index contributed by atoms with van der Waals surface area (Å²) in [6.07, 6.45) is 0. The Bertz CT molecular complexity index is 147. The second-order valence-electron chi connectivity index (χ2n) is 3.81. The van der Waals surface area contributed by atoms with Crippen LogP contribution in [0.5, 0.6) is 0 Å². The second-order valence-corrected chi connectivity index (χ2v) is 7.01. The van der Waals surface area contributed by atoms with E-state index in [1.165, 1.54) is 0 Å². The van der Waals surface area contributed by atoms with Crippen molar-refractivity contribution in [2.24, 2.45) is 5.92 Å². The summed E-state index contributed by atoms with van der Waals surface area (Å²) in [5, 5.41) is 0. The van der Waals surface area contributed by atoms with Crippen molar-refractivity contribution in [3.05, 3.63) is 0 Å². The molecule has 0 rings (SSSR count). The first kappa shape index (κ1) is 15.4. The van der Waals surface area contributed by atoms with Crippen LogP contribution in [0.3, 0.4) is 0 Å². The van der Waals surface area contributed by atoms with Crippen LogP contribution >= 0.6 is 11.6 Å². The minimum Gasteiger partial charge on any atom is -0.374 e. The molecule has 0 saturated heterocycles. The van der Waals surface area contributed by atoms with Crippen molar-refractivity contribution in [1.29, 1.82) is 0 Å². The SMILES string of the molecule is CCO[Si](CC(C)C)(OCC)OC(C)Cl. The molecule has 0 amide bonds. The molecule has 0 fully saturated rings. The Morgan fingerprint density at radius 3 is 1.80 bits per heavy atom. The zero-order valence-electron chi connectivity index (χ0n) is 10.4. The summed E-state index contributed by atoms with van der Waals surface area (Å²) in [7, 11) is -2.55. The Kier molecular flexibility index (Phi) is 7.82. The van der Waals surface area contributed by atoms with E-state index in [4.69, 9.17) is 24.9 Å². The van der Waals surface area contributed by atoms with E-state index in [0.717, 1.165) is 6.04 Å². The highest BCUT2D eigenvalue weighted by atomic mass is 35.5. The lowest BCUT2D eigenvalue weighted by Gasteiger charge is -2.31. The third-order valence-corrected chi connectivity index (χ3v) is 5.45. The summed E-state index contributed by atoms with van der Waals surface area (Å²) >= 11 is 5.87. The predicted octanol–water partition coefficient (Wildman–Crippen LogP) is 3.26. The molecule has 0 N–H and O–H groups in total. The van der Waals surface area contributed by atoms with E-state index in [2.05, 4.69) is 13.8 Å². The van der Waals surface area contributed by atoms with Gasteiger partial charge in [-0.15, -0.1) is 0 Å². The lowest BCUT2D eigenvalue weighted by atomic mass is 10.3. The van der Waals surface area contributed by atoms with E-state index in [-0.39, 0.29) is 5.56 Å². The molecule has 0 aromatic carbocycles. The van der Waals surface area contributed by atoms with Crippen LogP contribution in [-0.2, 0) is 13.3 Å². The molecule has 0 aromatic rings. The van der Waals surface area contributed by atoms with Gasteiger partial charge in [-0.25, -0.2) is 0 Å². The van der Waals surface area contributed by atoms with E-state index in [1.54, 1.807) is 6.92 Å². The van der Waals surface area contributed by atoms with Gasteiger partial charge >= 0.3 is 8.80 Å².